The molecule has 0 radical (unpaired) electrons. The summed E-state index contributed by atoms with van der Waals surface area (Å²) in [5.74, 6) is -0.990. The maximum Gasteiger partial charge on any atom is 0.402 e. The summed E-state index contributed by atoms with van der Waals surface area (Å²) in [6, 6.07) is -0.439. The van der Waals surface area contributed by atoms with Crippen LogP contribution in [0.25, 0.3) is 0 Å². The fraction of sp³-hybridized carbons (Fsp3) is 0.714. The average molecular weight is 312 g/mol. The Morgan fingerprint density at radius 2 is 2.18 bits per heavy atom. The molecule has 1 aromatic heterocycles. The van der Waals surface area contributed by atoms with Crippen molar-refractivity contribution in [1.29, 1.82) is 0 Å². The van der Waals surface area contributed by atoms with Crippen molar-refractivity contribution in [2.24, 2.45) is 0 Å². The Hall–Kier alpha value is -1.96. The first-order valence-electron chi connectivity index (χ1n) is 7.62. The van der Waals surface area contributed by atoms with E-state index in [1.54, 1.807) is 13.8 Å². The number of aliphatic hydroxyl groups excluding tert-OH is 1. The molecule has 0 bridgehead atoms. The van der Waals surface area contributed by atoms with Crippen molar-refractivity contribution in [3.8, 4) is 0 Å². The highest BCUT2D eigenvalue weighted by molar-refractivity contribution is 5.97. The molecule has 124 valence electrons. The summed E-state index contributed by atoms with van der Waals surface area (Å²) >= 11 is 0. The maximum atomic E-state index is 12.1. The van der Waals surface area contributed by atoms with E-state index in [0.29, 0.717) is 13.0 Å². The summed E-state index contributed by atoms with van der Waals surface area (Å²) in [5, 5.41) is 27.4. The molecule has 0 aromatic carbocycles. The topological polar surface area (TPSA) is 110 Å². The molecule has 22 heavy (non-hydrogen) atoms. The molecule has 0 aliphatic carbocycles. The first-order chi connectivity index (χ1) is 10.4. The van der Waals surface area contributed by atoms with E-state index >= 15 is 0 Å². The van der Waals surface area contributed by atoms with E-state index in [0.717, 1.165) is 19.3 Å². The minimum Gasteiger partial charge on any atom is -0.391 e. The Bertz CT molecular complexity index is 515. The molecule has 1 heterocycles. The fourth-order valence-electron chi connectivity index (χ4n) is 2.08. The van der Waals surface area contributed by atoms with Gasteiger partial charge in [0.25, 0.3) is 5.91 Å². The van der Waals surface area contributed by atoms with E-state index < -0.39 is 28.8 Å². The largest absolute Gasteiger partial charge is 0.402 e. The van der Waals surface area contributed by atoms with Gasteiger partial charge in [-0.1, -0.05) is 26.7 Å². The van der Waals surface area contributed by atoms with Crippen LogP contribution < -0.4 is 5.32 Å². The number of aliphatic hydroxyl groups is 1. The number of amides is 1. The second kappa shape index (κ2) is 8.47. The van der Waals surface area contributed by atoms with Crippen LogP contribution in [0.5, 0.6) is 0 Å². The Morgan fingerprint density at radius 3 is 2.73 bits per heavy atom. The van der Waals surface area contributed by atoms with Crippen LogP contribution >= 0.6 is 0 Å². The number of aromatic nitrogens is 2. The lowest BCUT2D eigenvalue weighted by Crippen LogP contribution is -2.25. The minimum absolute atomic E-state index is 0.0725. The smallest absolute Gasteiger partial charge is 0.391 e. The zero-order valence-electron chi connectivity index (χ0n) is 13.3. The van der Waals surface area contributed by atoms with Gasteiger partial charge in [-0.05, 0) is 24.7 Å². The van der Waals surface area contributed by atoms with Crippen LogP contribution in [0.2, 0.25) is 0 Å². The highest BCUT2D eigenvalue weighted by Gasteiger charge is 2.29. The lowest BCUT2D eigenvalue weighted by Gasteiger charge is -2.14. The highest BCUT2D eigenvalue weighted by Crippen LogP contribution is 2.21. The maximum absolute atomic E-state index is 12.1. The highest BCUT2D eigenvalue weighted by atomic mass is 16.6. The van der Waals surface area contributed by atoms with E-state index in [2.05, 4.69) is 17.3 Å². The molecule has 2 unspecified atom stereocenters. The van der Waals surface area contributed by atoms with Crippen molar-refractivity contribution in [3.63, 3.8) is 0 Å². The number of carbonyl (C=O) groups is 1. The zero-order chi connectivity index (χ0) is 16.7. The van der Waals surface area contributed by atoms with Gasteiger partial charge in [-0.25, -0.2) is 0 Å². The van der Waals surface area contributed by atoms with Crippen molar-refractivity contribution >= 4 is 11.7 Å². The summed E-state index contributed by atoms with van der Waals surface area (Å²) in [4.78, 5) is 22.5. The lowest BCUT2D eigenvalue weighted by atomic mass is 10.1. The molecule has 0 aliphatic heterocycles. The van der Waals surface area contributed by atoms with Crippen molar-refractivity contribution in [2.45, 2.75) is 58.6 Å². The van der Waals surface area contributed by atoms with Crippen LogP contribution in [-0.2, 0) is 0 Å². The number of nitrogens with one attached hydrogen (secondary N) is 1. The van der Waals surface area contributed by atoms with E-state index in [-0.39, 0.29) is 5.56 Å². The van der Waals surface area contributed by atoms with Crippen LogP contribution in [0.1, 0.15) is 62.9 Å². The summed E-state index contributed by atoms with van der Waals surface area (Å²) in [6.07, 6.45) is 3.99. The van der Waals surface area contributed by atoms with Gasteiger partial charge in [0.05, 0.1) is 23.4 Å². The van der Waals surface area contributed by atoms with Gasteiger partial charge in [0.15, 0.2) is 5.56 Å². The summed E-state index contributed by atoms with van der Waals surface area (Å²) in [5.41, 5.74) is -0.0725. The Kier molecular flexibility index (Phi) is 6.97. The molecular weight excluding hydrogens is 288 g/mol. The lowest BCUT2D eigenvalue weighted by molar-refractivity contribution is -0.390. The normalized spacial score (nSPS) is 13.6. The van der Waals surface area contributed by atoms with Gasteiger partial charge >= 0.3 is 5.82 Å². The van der Waals surface area contributed by atoms with Crippen molar-refractivity contribution in [1.82, 2.24) is 15.1 Å². The Labute approximate surface area is 129 Å². The number of carbonyl (C=O) groups excluding carboxylic acids is 1. The second-order valence-corrected chi connectivity index (χ2v) is 5.28. The van der Waals surface area contributed by atoms with Gasteiger partial charge in [-0.2, -0.15) is 4.68 Å². The molecule has 1 amide bonds. The molecule has 2 atom stereocenters. The van der Waals surface area contributed by atoms with Crippen LogP contribution in [0, 0.1) is 10.1 Å². The number of hydrogen-bond donors (Lipinski definition) is 2. The van der Waals surface area contributed by atoms with Crippen LogP contribution in [0.15, 0.2) is 6.20 Å². The molecule has 0 spiro atoms. The van der Waals surface area contributed by atoms with Crippen molar-refractivity contribution in [3.05, 3.63) is 21.9 Å². The average Bonchev–Trinajstić information content (AvgIpc) is 2.95. The third kappa shape index (κ3) is 4.52. The molecular formula is C14H24N4O4. The van der Waals surface area contributed by atoms with Crippen LogP contribution in [-0.4, -0.2) is 38.4 Å². The zero-order valence-corrected chi connectivity index (χ0v) is 13.3. The molecule has 1 rings (SSSR count). The predicted octanol–water partition coefficient (Wildman–Crippen LogP) is 2.04. The second-order valence-electron chi connectivity index (χ2n) is 5.28. The van der Waals surface area contributed by atoms with E-state index in [9.17, 15) is 20.0 Å². The van der Waals surface area contributed by atoms with E-state index in [4.69, 9.17) is 0 Å². The van der Waals surface area contributed by atoms with Gasteiger partial charge in [-0.3, -0.25) is 4.79 Å². The summed E-state index contributed by atoms with van der Waals surface area (Å²) in [6.45, 7) is 6.04. The van der Waals surface area contributed by atoms with Crippen LogP contribution in [0.4, 0.5) is 5.82 Å². The summed E-state index contributed by atoms with van der Waals surface area (Å²) < 4.78 is 1.28. The van der Waals surface area contributed by atoms with Crippen molar-refractivity contribution < 1.29 is 14.8 Å². The first-order valence-corrected chi connectivity index (χ1v) is 7.62. The molecule has 8 nitrogen and oxygen atoms in total. The van der Waals surface area contributed by atoms with Gasteiger partial charge in [0.2, 0.25) is 0 Å². The number of rotatable bonds is 9. The molecule has 0 fully saturated rings. The predicted molar refractivity (Wildman–Crippen MR) is 81.7 cm³/mol. The number of hydrogen-bond acceptors (Lipinski definition) is 5. The Balaban J connectivity index is 2.90. The van der Waals surface area contributed by atoms with Crippen LogP contribution in [0.3, 0.4) is 0 Å². The quantitative estimate of drug-likeness (QED) is 0.412. The monoisotopic (exact) mass is 312 g/mol. The van der Waals surface area contributed by atoms with Crippen molar-refractivity contribution in [2.75, 3.05) is 6.54 Å². The molecule has 0 saturated heterocycles. The third-order valence-corrected chi connectivity index (χ3v) is 3.59. The third-order valence-electron chi connectivity index (χ3n) is 3.59. The molecule has 2 N–H and O–H groups in total. The number of nitrogens with zero attached hydrogens (tertiary/aromatic N) is 3. The standard InChI is InChI=1S/C14H24N4O4/c1-4-6-7-8-15-14(20)11-9-17(10(3)12(19)5-2)16-13(11)18(21)22/h9-10,12,19H,4-8H2,1-3H3,(H,15,20). The molecule has 1 aromatic rings. The Morgan fingerprint density at radius 1 is 1.50 bits per heavy atom. The SMILES string of the molecule is CCCCCNC(=O)c1cn(C(C)C(O)CC)nc1[N+](=O)[O-]. The van der Waals surface area contributed by atoms with E-state index in [1.165, 1.54) is 10.9 Å². The minimum atomic E-state index is -0.681. The van der Waals surface area contributed by atoms with E-state index in [1.807, 2.05) is 0 Å². The fourth-order valence-corrected chi connectivity index (χ4v) is 2.08. The summed E-state index contributed by atoms with van der Waals surface area (Å²) in [7, 11) is 0. The van der Waals surface area contributed by atoms with Gasteiger partial charge in [0.1, 0.15) is 0 Å². The first kappa shape index (κ1) is 18.1. The van der Waals surface area contributed by atoms with Gasteiger partial charge in [0, 0.05) is 6.54 Å². The number of nitro groups is 1. The van der Waals surface area contributed by atoms with Gasteiger partial charge < -0.3 is 20.5 Å². The molecule has 8 heteroatoms. The number of unbranched alkanes of at least 4 members (excludes halogenated alkanes) is 2. The van der Waals surface area contributed by atoms with Gasteiger partial charge in [-0.15, -0.1) is 0 Å². The molecule has 0 saturated carbocycles. The molecule has 0 aliphatic rings.